The molecule has 2 nitrogen and oxygen atoms in total. The minimum Gasteiger partial charge on any atom is -0.319 e. The molecule has 19 heavy (non-hydrogen) atoms. The fourth-order valence-electron chi connectivity index (χ4n) is 2.62. The molecule has 0 atom stereocenters. The smallest absolute Gasteiger partial charge is 0.123 e. The number of hydrogen-bond acceptors (Lipinski definition) is 2. The average Bonchev–Trinajstić information content (AvgIpc) is 3.09. The van der Waals surface area contributed by atoms with Gasteiger partial charge in [0.25, 0.3) is 0 Å². The summed E-state index contributed by atoms with van der Waals surface area (Å²) < 4.78 is 13.3. The van der Waals surface area contributed by atoms with Crippen LogP contribution in [-0.2, 0) is 5.41 Å². The van der Waals surface area contributed by atoms with Crippen molar-refractivity contribution in [1.29, 1.82) is 0 Å². The largest absolute Gasteiger partial charge is 0.319 e. The van der Waals surface area contributed by atoms with Crippen LogP contribution in [0.15, 0.2) is 24.3 Å². The van der Waals surface area contributed by atoms with Crippen LogP contribution in [-0.4, -0.2) is 26.7 Å². The van der Waals surface area contributed by atoms with E-state index in [0.29, 0.717) is 5.41 Å². The van der Waals surface area contributed by atoms with E-state index in [2.05, 4.69) is 24.5 Å². The molecule has 0 unspecified atom stereocenters. The van der Waals surface area contributed by atoms with E-state index in [0.717, 1.165) is 25.2 Å². The highest BCUT2D eigenvalue weighted by Crippen LogP contribution is 2.44. The van der Waals surface area contributed by atoms with Crippen LogP contribution >= 0.6 is 0 Å². The molecule has 1 fully saturated rings. The zero-order valence-electron chi connectivity index (χ0n) is 12.2. The molecule has 106 valence electrons. The maximum Gasteiger partial charge on any atom is 0.123 e. The fourth-order valence-corrected chi connectivity index (χ4v) is 2.62. The van der Waals surface area contributed by atoms with Gasteiger partial charge in [0.15, 0.2) is 0 Å². The lowest BCUT2D eigenvalue weighted by Crippen LogP contribution is -2.38. The number of hydrogen-bond donors (Lipinski definition) is 2. The molecule has 2 N–H and O–H groups in total. The van der Waals surface area contributed by atoms with Crippen LogP contribution in [0.3, 0.4) is 0 Å². The van der Waals surface area contributed by atoms with Gasteiger partial charge in [-0.15, -0.1) is 0 Å². The highest BCUT2D eigenvalue weighted by molar-refractivity contribution is 5.24. The van der Waals surface area contributed by atoms with Gasteiger partial charge in [-0.3, -0.25) is 0 Å². The van der Waals surface area contributed by atoms with Crippen molar-refractivity contribution in [3.8, 4) is 0 Å². The summed E-state index contributed by atoms with van der Waals surface area (Å²) in [4.78, 5) is 0. The predicted octanol–water partition coefficient (Wildman–Crippen LogP) is 2.69. The number of halogens is 1. The molecule has 1 saturated carbocycles. The number of benzene rings is 1. The Hall–Kier alpha value is -0.930. The highest BCUT2D eigenvalue weighted by Gasteiger charge is 2.41. The Balaban J connectivity index is 1.87. The van der Waals surface area contributed by atoms with E-state index in [1.54, 1.807) is 12.1 Å². The normalized spacial score (nSPS) is 17.5. The Labute approximate surface area is 115 Å². The minimum absolute atomic E-state index is 0.0438. The molecule has 2 rings (SSSR count). The van der Waals surface area contributed by atoms with Crippen molar-refractivity contribution in [2.24, 2.45) is 5.41 Å². The third kappa shape index (κ3) is 3.77. The molecular weight excluding hydrogens is 239 g/mol. The van der Waals surface area contributed by atoms with E-state index in [9.17, 15) is 4.39 Å². The summed E-state index contributed by atoms with van der Waals surface area (Å²) in [5.41, 5.74) is 1.48. The molecule has 0 saturated heterocycles. The first-order valence-corrected chi connectivity index (χ1v) is 7.09. The van der Waals surface area contributed by atoms with E-state index in [4.69, 9.17) is 0 Å². The summed E-state index contributed by atoms with van der Waals surface area (Å²) in [6.45, 7) is 7.33. The van der Waals surface area contributed by atoms with Crippen molar-refractivity contribution in [1.82, 2.24) is 10.6 Å². The van der Waals surface area contributed by atoms with Crippen LogP contribution in [0.5, 0.6) is 0 Å². The predicted molar refractivity (Wildman–Crippen MR) is 77.9 cm³/mol. The Kier molecular flexibility index (Phi) is 4.26. The summed E-state index contributed by atoms with van der Waals surface area (Å²) >= 11 is 0. The number of rotatable bonds is 7. The van der Waals surface area contributed by atoms with Crippen molar-refractivity contribution in [3.05, 3.63) is 35.6 Å². The first kappa shape index (κ1) is 14.5. The Morgan fingerprint density at radius 1 is 1.26 bits per heavy atom. The third-order valence-corrected chi connectivity index (χ3v) is 4.18. The van der Waals surface area contributed by atoms with Gasteiger partial charge in [0.1, 0.15) is 5.82 Å². The minimum atomic E-state index is -0.153. The summed E-state index contributed by atoms with van der Waals surface area (Å²) in [6.07, 6.45) is 2.61. The molecule has 1 aromatic carbocycles. The first-order valence-electron chi connectivity index (χ1n) is 7.09. The molecule has 0 aliphatic heterocycles. The van der Waals surface area contributed by atoms with E-state index >= 15 is 0 Å². The van der Waals surface area contributed by atoms with Crippen LogP contribution in [0.1, 0.15) is 32.3 Å². The van der Waals surface area contributed by atoms with E-state index < -0.39 is 0 Å². The molecule has 1 aliphatic carbocycles. The standard InChI is InChI=1S/C16H25FN2/c1-15(2,13-5-4-6-14(17)9-13)10-19-12-16(7-8-16)11-18-3/h4-6,9,18-19H,7-8,10-12H2,1-3H3. The Morgan fingerprint density at radius 3 is 2.58 bits per heavy atom. The van der Waals surface area contributed by atoms with Gasteiger partial charge in [-0.05, 0) is 43.0 Å². The van der Waals surface area contributed by atoms with E-state index in [1.165, 1.54) is 18.9 Å². The quantitative estimate of drug-likeness (QED) is 0.791. The molecule has 0 amide bonds. The van der Waals surface area contributed by atoms with Crippen molar-refractivity contribution < 1.29 is 4.39 Å². The van der Waals surface area contributed by atoms with Crippen molar-refractivity contribution >= 4 is 0 Å². The van der Waals surface area contributed by atoms with Gasteiger partial charge in [-0.2, -0.15) is 0 Å². The highest BCUT2D eigenvalue weighted by atomic mass is 19.1. The Bertz CT molecular complexity index is 425. The van der Waals surface area contributed by atoms with Crippen LogP contribution in [0.25, 0.3) is 0 Å². The maximum atomic E-state index is 13.3. The van der Waals surface area contributed by atoms with Gasteiger partial charge >= 0.3 is 0 Å². The summed E-state index contributed by atoms with van der Waals surface area (Å²) in [5, 5.41) is 6.84. The fraction of sp³-hybridized carbons (Fsp3) is 0.625. The Morgan fingerprint density at radius 2 is 2.00 bits per heavy atom. The molecule has 1 aromatic rings. The maximum absolute atomic E-state index is 13.3. The molecule has 0 aromatic heterocycles. The second-order valence-electron chi connectivity index (χ2n) is 6.53. The van der Waals surface area contributed by atoms with Gasteiger partial charge in [0, 0.05) is 25.0 Å². The number of nitrogens with one attached hydrogen (secondary N) is 2. The monoisotopic (exact) mass is 264 g/mol. The lowest BCUT2D eigenvalue weighted by Gasteiger charge is -2.27. The van der Waals surface area contributed by atoms with E-state index in [-0.39, 0.29) is 11.2 Å². The molecule has 0 bridgehead atoms. The van der Waals surface area contributed by atoms with E-state index in [1.807, 2.05) is 13.1 Å². The molecule has 1 aliphatic rings. The topological polar surface area (TPSA) is 24.1 Å². The second kappa shape index (κ2) is 5.59. The molecule has 0 radical (unpaired) electrons. The van der Waals surface area contributed by atoms with Gasteiger partial charge in [-0.25, -0.2) is 4.39 Å². The van der Waals surface area contributed by atoms with Crippen LogP contribution in [0.2, 0.25) is 0 Å². The average molecular weight is 264 g/mol. The zero-order chi connectivity index (χ0) is 13.9. The van der Waals surface area contributed by atoms with Crippen LogP contribution in [0.4, 0.5) is 4.39 Å². The van der Waals surface area contributed by atoms with Gasteiger partial charge < -0.3 is 10.6 Å². The molecular formula is C16H25FN2. The molecule has 0 spiro atoms. The van der Waals surface area contributed by atoms with Crippen molar-refractivity contribution in [2.45, 2.75) is 32.1 Å². The summed E-state index contributed by atoms with van der Waals surface area (Å²) in [7, 11) is 2.01. The lowest BCUT2D eigenvalue weighted by atomic mass is 9.84. The van der Waals surface area contributed by atoms with Crippen LogP contribution < -0.4 is 10.6 Å². The zero-order valence-corrected chi connectivity index (χ0v) is 12.2. The summed E-state index contributed by atoms with van der Waals surface area (Å²) in [6, 6.07) is 6.93. The molecule has 0 heterocycles. The summed E-state index contributed by atoms with van der Waals surface area (Å²) in [5.74, 6) is -0.153. The van der Waals surface area contributed by atoms with Gasteiger partial charge in [-0.1, -0.05) is 26.0 Å². The van der Waals surface area contributed by atoms with Crippen LogP contribution in [0, 0.1) is 11.2 Å². The third-order valence-electron chi connectivity index (χ3n) is 4.18. The first-order chi connectivity index (χ1) is 8.97. The second-order valence-corrected chi connectivity index (χ2v) is 6.53. The van der Waals surface area contributed by atoms with Crippen molar-refractivity contribution in [2.75, 3.05) is 26.7 Å². The van der Waals surface area contributed by atoms with Gasteiger partial charge in [0.2, 0.25) is 0 Å². The van der Waals surface area contributed by atoms with Gasteiger partial charge in [0.05, 0.1) is 0 Å². The van der Waals surface area contributed by atoms with Crippen molar-refractivity contribution in [3.63, 3.8) is 0 Å². The lowest BCUT2D eigenvalue weighted by molar-refractivity contribution is 0.395. The SMILES string of the molecule is CNCC1(CNCC(C)(C)c2cccc(F)c2)CC1. The molecule has 3 heteroatoms.